The second-order valence-corrected chi connectivity index (χ2v) is 8.18. The van der Waals surface area contributed by atoms with Crippen molar-refractivity contribution >= 4 is 23.5 Å². The van der Waals surface area contributed by atoms with Gasteiger partial charge in [-0.2, -0.15) is 0 Å². The number of hydrogen-bond acceptors (Lipinski definition) is 5. The van der Waals surface area contributed by atoms with Crippen LogP contribution in [0.3, 0.4) is 0 Å². The first kappa shape index (κ1) is 19.0. The molecular weight excluding hydrogens is 390 g/mol. The van der Waals surface area contributed by atoms with E-state index in [0.29, 0.717) is 31.3 Å². The zero-order valence-corrected chi connectivity index (χ0v) is 16.1. The van der Waals surface area contributed by atoms with Crippen LogP contribution in [0.4, 0.5) is 14.7 Å². The number of hydrogen-bond donors (Lipinski definition) is 2. The molecule has 2 aromatic rings. The van der Waals surface area contributed by atoms with Gasteiger partial charge < -0.3 is 10.2 Å². The summed E-state index contributed by atoms with van der Waals surface area (Å²) in [6.45, 7) is 3.44. The Labute approximate surface area is 165 Å². The maximum atomic E-state index is 14.4. The van der Waals surface area contributed by atoms with Gasteiger partial charge in [0.25, 0.3) is 0 Å². The summed E-state index contributed by atoms with van der Waals surface area (Å²) in [6.07, 6.45) is 2.69. The van der Waals surface area contributed by atoms with Crippen molar-refractivity contribution in [2.45, 2.75) is 44.1 Å². The molecule has 1 aliphatic carbocycles. The molecule has 28 heavy (non-hydrogen) atoms. The fourth-order valence-electron chi connectivity index (χ4n) is 3.96. The molecule has 1 saturated heterocycles. The van der Waals surface area contributed by atoms with E-state index in [9.17, 15) is 13.6 Å². The quantitative estimate of drug-likeness (QED) is 0.756. The van der Waals surface area contributed by atoms with E-state index in [1.54, 1.807) is 0 Å². The van der Waals surface area contributed by atoms with Gasteiger partial charge in [0.15, 0.2) is 11.6 Å². The molecule has 4 rings (SSSR count). The third-order valence-corrected chi connectivity index (χ3v) is 6.02. The van der Waals surface area contributed by atoms with Crippen molar-refractivity contribution in [1.82, 2.24) is 25.9 Å². The van der Waals surface area contributed by atoms with Crippen LogP contribution in [0.25, 0.3) is 0 Å². The summed E-state index contributed by atoms with van der Waals surface area (Å²) in [5.41, 5.74) is -0.950. The van der Waals surface area contributed by atoms with Gasteiger partial charge in [-0.25, -0.2) is 13.9 Å². The first-order valence-electron chi connectivity index (χ1n) is 9.34. The number of nitrogens with zero attached hydrogens (tertiary/aromatic N) is 4. The SMILES string of the molecule is CC1CCN(c2nnn[nH]2)CC(NC(=O)C2(c3ccc(Cl)c(F)c3F)CC2)C1. The number of carbonyl (C=O) groups is 1. The van der Waals surface area contributed by atoms with E-state index in [0.717, 1.165) is 19.4 Å². The Morgan fingerprint density at radius 2 is 2.14 bits per heavy atom. The molecule has 10 heteroatoms. The Balaban J connectivity index is 1.53. The van der Waals surface area contributed by atoms with Crippen LogP contribution >= 0.6 is 11.6 Å². The number of tetrazole rings is 1. The Hall–Kier alpha value is -2.29. The fourth-order valence-corrected chi connectivity index (χ4v) is 4.11. The average Bonchev–Trinajstić information content (AvgIpc) is 3.33. The highest BCUT2D eigenvalue weighted by atomic mass is 35.5. The summed E-state index contributed by atoms with van der Waals surface area (Å²) in [4.78, 5) is 15.1. The number of benzene rings is 1. The molecule has 0 bridgehead atoms. The summed E-state index contributed by atoms with van der Waals surface area (Å²) in [5, 5.41) is 16.7. The van der Waals surface area contributed by atoms with Crippen LogP contribution in [-0.2, 0) is 10.2 Å². The van der Waals surface area contributed by atoms with Crippen LogP contribution in [0.5, 0.6) is 0 Å². The monoisotopic (exact) mass is 410 g/mol. The molecule has 150 valence electrons. The van der Waals surface area contributed by atoms with E-state index >= 15 is 0 Å². The number of anilines is 1. The molecule has 0 spiro atoms. The molecular formula is C18H21ClF2N6O. The van der Waals surface area contributed by atoms with Crippen LogP contribution in [0.2, 0.25) is 5.02 Å². The molecule has 1 amide bonds. The summed E-state index contributed by atoms with van der Waals surface area (Å²) in [7, 11) is 0. The van der Waals surface area contributed by atoms with Crippen molar-refractivity contribution in [2.75, 3.05) is 18.0 Å². The van der Waals surface area contributed by atoms with E-state index in [2.05, 4.69) is 32.9 Å². The molecule has 1 aromatic carbocycles. The number of carbonyl (C=O) groups excluding carboxylic acids is 1. The average molecular weight is 411 g/mol. The van der Waals surface area contributed by atoms with Gasteiger partial charge in [-0.3, -0.25) is 4.79 Å². The van der Waals surface area contributed by atoms with Gasteiger partial charge >= 0.3 is 0 Å². The van der Waals surface area contributed by atoms with Gasteiger partial charge in [-0.1, -0.05) is 29.7 Å². The first-order valence-corrected chi connectivity index (χ1v) is 9.72. The Kier molecular flexibility index (Phi) is 4.95. The van der Waals surface area contributed by atoms with Crippen LogP contribution in [0.1, 0.15) is 38.2 Å². The van der Waals surface area contributed by atoms with Gasteiger partial charge in [-0.15, -0.1) is 0 Å². The fraction of sp³-hybridized carbons (Fsp3) is 0.556. The topological polar surface area (TPSA) is 86.8 Å². The minimum Gasteiger partial charge on any atom is -0.351 e. The van der Waals surface area contributed by atoms with Crippen LogP contribution in [0, 0.1) is 17.6 Å². The number of rotatable bonds is 4. The number of H-pyrrole nitrogens is 1. The molecule has 2 fully saturated rings. The van der Waals surface area contributed by atoms with Gasteiger partial charge in [0.1, 0.15) is 0 Å². The van der Waals surface area contributed by atoms with Crippen LogP contribution < -0.4 is 10.2 Å². The molecule has 1 aliphatic heterocycles. The minimum absolute atomic E-state index is 0.0739. The van der Waals surface area contributed by atoms with E-state index in [1.807, 2.05) is 4.90 Å². The van der Waals surface area contributed by atoms with Crippen molar-refractivity contribution in [3.05, 3.63) is 34.4 Å². The van der Waals surface area contributed by atoms with Crippen LogP contribution in [0.15, 0.2) is 12.1 Å². The second-order valence-electron chi connectivity index (χ2n) is 7.78. The molecule has 2 heterocycles. The molecule has 2 aliphatic rings. The largest absolute Gasteiger partial charge is 0.351 e. The van der Waals surface area contributed by atoms with Crippen LogP contribution in [-0.4, -0.2) is 45.7 Å². The van der Waals surface area contributed by atoms with Gasteiger partial charge in [0, 0.05) is 24.7 Å². The first-order chi connectivity index (χ1) is 13.4. The Morgan fingerprint density at radius 1 is 1.36 bits per heavy atom. The lowest BCUT2D eigenvalue weighted by Gasteiger charge is -2.26. The molecule has 7 nitrogen and oxygen atoms in total. The van der Waals surface area contributed by atoms with Crippen molar-refractivity contribution in [3.8, 4) is 0 Å². The normalized spacial score (nSPS) is 23.9. The maximum absolute atomic E-state index is 14.4. The predicted octanol–water partition coefficient (Wildman–Crippen LogP) is 2.58. The molecule has 2 unspecified atom stereocenters. The number of halogens is 3. The highest BCUT2D eigenvalue weighted by molar-refractivity contribution is 6.30. The lowest BCUT2D eigenvalue weighted by Crippen LogP contribution is -2.47. The standard InChI is InChI=1S/C18H21ClF2N6O/c1-10-4-7-27(17-23-25-26-24-17)9-11(8-10)22-16(28)18(5-6-18)12-2-3-13(19)15(21)14(12)20/h2-3,10-11H,4-9H2,1H3,(H,22,28)(H,23,24,25,26). The minimum atomic E-state index is -1.11. The van der Waals surface area contributed by atoms with E-state index in [4.69, 9.17) is 11.6 Å². The Bertz CT molecular complexity index is 873. The van der Waals surface area contributed by atoms with Gasteiger partial charge in [0.2, 0.25) is 11.9 Å². The number of amides is 1. The zero-order valence-electron chi connectivity index (χ0n) is 15.4. The molecule has 2 N–H and O–H groups in total. The molecule has 1 aromatic heterocycles. The molecule has 1 saturated carbocycles. The van der Waals surface area contributed by atoms with E-state index in [-0.39, 0.29) is 22.5 Å². The second kappa shape index (κ2) is 7.27. The summed E-state index contributed by atoms with van der Waals surface area (Å²) in [6, 6.07) is 2.57. The number of aromatic nitrogens is 4. The van der Waals surface area contributed by atoms with E-state index < -0.39 is 17.0 Å². The van der Waals surface area contributed by atoms with E-state index in [1.165, 1.54) is 12.1 Å². The predicted molar refractivity (Wildman–Crippen MR) is 99.0 cm³/mol. The van der Waals surface area contributed by atoms with Gasteiger partial charge in [0.05, 0.1) is 10.4 Å². The smallest absolute Gasteiger partial charge is 0.242 e. The van der Waals surface area contributed by atoms with Crippen molar-refractivity contribution in [1.29, 1.82) is 0 Å². The van der Waals surface area contributed by atoms with Crippen molar-refractivity contribution in [2.24, 2.45) is 5.92 Å². The number of nitrogens with one attached hydrogen (secondary N) is 2. The summed E-state index contributed by atoms with van der Waals surface area (Å²) >= 11 is 5.65. The zero-order chi connectivity index (χ0) is 19.9. The maximum Gasteiger partial charge on any atom is 0.242 e. The third kappa shape index (κ3) is 3.43. The van der Waals surface area contributed by atoms with Crippen molar-refractivity contribution in [3.63, 3.8) is 0 Å². The third-order valence-electron chi connectivity index (χ3n) is 5.72. The highest BCUT2D eigenvalue weighted by Gasteiger charge is 2.53. The summed E-state index contributed by atoms with van der Waals surface area (Å²) in [5.74, 6) is -1.47. The Morgan fingerprint density at radius 3 is 2.82 bits per heavy atom. The van der Waals surface area contributed by atoms with Gasteiger partial charge in [-0.05, 0) is 48.1 Å². The lowest BCUT2D eigenvalue weighted by molar-refractivity contribution is -0.124. The molecule has 0 radical (unpaired) electrons. The summed E-state index contributed by atoms with van der Waals surface area (Å²) < 4.78 is 28.4. The highest BCUT2D eigenvalue weighted by Crippen LogP contribution is 2.50. The number of aromatic amines is 1. The lowest BCUT2D eigenvalue weighted by atomic mass is 9.93. The van der Waals surface area contributed by atoms with Crippen molar-refractivity contribution < 1.29 is 13.6 Å². The molecule has 2 atom stereocenters.